The molecule has 0 saturated carbocycles. The Morgan fingerprint density at radius 1 is 0.857 bits per heavy atom. The van der Waals surface area contributed by atoms with Crippen LogP contribution in [0.2, 0.25) is 0 Å². The van der Waals surface area contributed by atoms with Crippen LogP contribution in [0.15, 0.2) is 71.6 Å². The summed E-state index contributed by atoms with van der Waals surface area (Å²) in [5.41, 5.74) is 2.93. The van der Waals surface area contributed by atoms with Gasteiger partial charge in [-0.15, -0.1) is 0 Å². The van der Waals surface area contributed by atoms with Gasteiger partial charge in [0.25, 0.3) is 15.9 Å². The van der Waals surface area contributed by atoms with Crippen molar-refractivity contribution in [3.63, 3.8) is 0 Å². The van der Waals surface area contributed by atoms with Crippen LogP contribution in [0.25, 0.3) is 0 Å². The number of anilines is 1. The average Bonchev–Trinajstić information content (AvgIpc) is 2.79. The number of sulfonamides is 1. The molecular formula is C28H33NO5S. The SMILES string of the molecule is CCOc1ccc(N(C(=O)COc2ccc(C)cc2C(C)(C)C)S(=O)(=O)c2ccc(C)cc2)cc1. The molecule has 0 N–H and O–H groups in total. The number of carbonyl (C=O) groups excluding carboxylic acids is 1. The Labute approximate surface area is 208 Å². The van der Waals surface area contributed by atoms with E-state index < -0.39 is 22.5 Å². The second-order valence-corrected chi connectivity index (χ2v) is 11.2. The van der Waals surface area contributed by atoms with E-state index in [-0.39, 0.29) is 16.0 Å². The summed E-state index contributed by atoms with van der Waals surface area (Å²) in [5, 5.41) is 0. The molecule has 0 spiro atoms. The summed E-state index contributed by atoms with van der Waals surface area (Å²) in [5.74, 6) is 0.438. The van der Waals surface area contributed by atoms with Crippen molar-refractivity contribution >= 4 is 21.6 Å². The third kappa shape index (κ3) is 6.22. The monoisotopic (exact) mass is 495 g/mol. The molecule has 0 radical (unpaired) electrons. The first-order valence-corrected chi connectivity index (χ1v) is 13.0. The molecule has 1 amide bonds. The average molecular weight is 496 g/mol. The van der Waals surface area contributed by atoms with Crippen LogP contribution in [0.1, 0.15) is 44.4 Å². The van der Waals surface area contributed by atoms with Crippen LogP contribution in [0.5, 0.6) is 11.5 Å². The molecule has 3 aromatic carbocycles. The van der Waals surface area contributed by atoms with Gasteiger partial charge in [0.05, 0.1) is 17.2 Å². The highest BCUT2D eigenvalue weighted by Crippen LogP contribution is 2.33. The predicted molar refractivity (Wildman–Crippen MR) is 139 cm³/mol. The zero-order chi connectivity index (χ0) is 25.8. The zero-order valence-electron chi connectivity index (χ0n) is 21.2. The van der Waals surface area contributed by atoms with E-state index in [2.05, 4.69) is 20.8 Å². The number of rotatable bonds is 8. The van der Waals surface area contributed by atoms with Gasteiger partial charge in [-0.1, -0.05) is 56.2 Å². The molecule has 0 heterocycles. The summed E-state index contributed by atoms with van der Waals surface area (Å²) < 4.78 is 39.4. The van der Waals surface area contributed by atoms with Gasteiger partial charge in [0.1, 0.15) is 11.5 Å². The van der Waals surface area contributed by atoms with Crippen molar-refractivity contribution in [1.82, 2.24) is 0 Å². The number of aryl methyl sites for hydroxylation is 2. The van der Waals surface area contributed by atoms with Crippen molar-refractivity contribution in [2.24, 2.45) is 0 Å². The fourth-order valence-corrected chi connectivity index (χ4v) is 5.04. The second kappa shape index (κ2) is 10.5. The molecule has 0 fully saturated rings. The summed E-state index contributed by atoms with van der Waals surface area (Å²) in [7, 11) is -4.18. The molecule has 7 heteroatoms. The van der Waals surface area contributed by atoms with Crippen molar-refractivity contribution in [2.45, 2.75) is 51.9 Å². The van der Waals surface area contributed by atoms with Gasteiger partial charge < -0.3 is 9.47 Å². The Morgan fingerprint density at radius 2 is 1.46 bits per heavy atom. The topological polar surface area (TPSA) is 72.9 Å². The van der Waals surface area contributed by atoms with Gasteiger partial charge in [-0.3, -0.25) is 4.79 Å². The first-order valence-electron chi connectivity index (χ1n) is 11.5. The maximum absolute atomic E-state index is 13.6. The third-order valence-corrected chi connectivity index (χ3v) is 7.23. The number of hydrogen-bond donors (Lipinski definition) is 0. The molecule has 0 unspecified atom stereocenters. The van der Waals surface area contributed by atoms with Crippen molar-refractivity contribution < 1.29 is 22.7 Å². The number of ether oxygens (including phenoxy) is 2. The number of benzene rings is 3. The Kier molecular flexibility index (Phi) is 7.90. The molecule has 186 valence electrons. The molecule has 0 aliphatic heterocycles. The lowest BCUT2D eigenvalue weighted by molar-refractivity contribution is -0.119. The van der Waals surface area contributed by atoms with Gasteiger partial charge in [0.2, 0.25) is 0 Å². The first kappa shape index (κ1) is 26.3. The molecule has 35 heavy (non-hydrogen) atoms. The summed E-state index contributed by atoms with van der Waals surface area (Å²) in [6.07, 6.45) is 0. The van der Waals surface area contributed by atoms with Gasteiger partial charge in [0, 0.05) is 0 Å². The lowest BCUT2D eigenvalue weighted by Crippen LogP contribution is -2.40. The van der Waals surface area contributed by atoms with Crippen LogP contribution >= 0.6 is 0 Å². The molecule has 0 saturated heterocycles. The summed E-state index contributed by atoms with van der Waals surface area (Å²) >= 11 is 0. The standard InChI is InChI=1S/C28H33NO5S/c1-7-33-23-13-11-22(12-14-23)29(35(31,32)24-15-8-20(2)9-16-24)27(30)19-34-26-17-10-21(3)18-25(26)28(4,5)6/h8-18H,7,19H2,1-6H3. The molecule has 0 aliphatic rings. The Hall–Kier alpha value is -3.32. The first-order chi connectivity index (χ1) is 16.4. The molecule has 0 atom stereocenters. The normalized spacial score (nSPS) is 11.7. The summed E-state index contributed by atoms with van der Waals surface area (Å²) in [4.78, 5) is 13.5. The van der Waals surface area contributed by atoms with E-state index in [9.17, 15) is 13.2 Å². The van der Waals surface area contributed by atoms with Gasteiger partial charge in [-0.2, -0.15) is 4.31 Å². The van der Waals surface area contributed by atoms with Crippen LogP contribution in [0.3, 0.4) is 0 Å². The molecule has 0 aromatic heterocycles. The molecule has 0 aliphatic carbocycles. The zero-order valence-corrected chi connectivity index (χ0v) is 22.0. The highest BCUT2D eigenvalue weighted by atomic mass is 32.2. The molecular weight excluding hydrogens is 462 g/mol. The van der Waals surface area contributed by atoms with E-state index in [1.54, 1.807) is 36.4 Å². The van der Waals surface area contributed by atoms with Crippen molar-refractivity contribution in [2.75, 3.05) is 17.5 Å². The highest BCUT2D eigenvalue weighted by Gasteiger charge is 2.32. The lowest BCUT2D eigenvalue weighted by atomic mass is 9.85. The fraction of sp³-hybridized carbons (Fsp3) is 0.321. The summed E-state index contributed by atoms with van der Waals surface area (Å²) in [6, 6.07) is 18.5. The molecule has 3 aromatic rings. The molecule has 6 nitrogen and oxygen atoms in total. The van der Waals surface area contributed by atoms with Crippen LogP contribution in [0.4, 0.5) is 5.69 Å². The quantitative estimate of drug-likeness (QED) is 0.395. The summed E-state index contributed by atoms with van der Waals surface area (Å²) in [6.45, 7) is 11.9. The fourth-order valence-electron chi connectivity index (χ4n) is 3.63. The largest absolute Gasteiger partial charge is 0.494 e. The van der Waals surface area contributed by atoms with E-state index in [1.165, 1.54) is 12.1 Å². The molecule has 0 bridgehead atoms. The minimum absolute atomic E-state index is 0.0241. The maximum atomic E-state index is 13.6. The lowest BCUT2D eigenvalue weighted by Gasteiger charge is -2.25. The van der Waals surface area contributed by atoms with Crippen LogP contribution in [-0.4, -0.2) is 27.5 Å². The Bertz CT molecular complexity index is 1270. The predicted octanol–water partition coefficient (Wildman–Crippen LogP) is 5.80. The van der Waals surface area contributed by atoms with Crippen LogP contribution < -0.4 is 13.8 Å². The van der Waals surface area contributed by atoms with Gasteiger partial charge in [-0.05, 0) is 74.2 Å². The second-order valence-electron chi connectivity index (χ2n) is 9.44. The van der Waals surface area contributed by atoms with Crippen molar-refractivity contribution in [3.05, 3.63) is 83.4 Å². The van der Waals surface area contributed by atoms with E-state index in [0.29, 0.717) is 18.1 Å². The van der Waals surface area contributed by atoms with E-state index >= 15 is 0 Å². The van der Waals surface area contributed by atoms with Crippen LogP contribution in [-0.2, 0) is 20.2 Å². The Balaban J connectivity index is 1.98. The van der Waals surface area contributed by atoms with Gasteiger partial charge in [-0.25, -0.2) is 8.42 Å². The van der Waals surface area contributed by atoms with Gasteiger partial charge in [0.15, 0.2) is 6.61 Å². The third-order valence-electron chi connectivity index (χ3n) is 5.46. The Morgan fingerprint density at radius 3 is 2.03 bits per heavy atom. The highest BCUT2D eigenvalue weighted by molar-refractivity contribution is 7.93. The minimum atomic E-state index is -4.18. The number of nitrogens with zero attached hydrogens (tertiary/aromatic N) is 1. The van der Waals surface area contributed by atoms with Crippen molar-refractivity contribution in [1.29, 1.82) is 0 Å². The molecule has 3 rings (SSSR count). The minimum Gasteiger partial charge on any atom is -0.494 e. The smallest absolute Gasteiger partial charge is 0.278 e. The van der Waals surface area contributed by atoms with Crippen molar-refractivity contribution in [3.8, 4) is 11.5 Å². The van der Waals surface area contributed by atoms with Gasteiger partial charge >= 0.3 is 0 Å². The van der Waals surface area contributed by atoms with Crippen LogP contribution in [0, 0.1) is 13.8 Å². The number of carbonyl (C=O) groups is 1. The van der Waals surface area contributed by atoms with E-state index in [4.69, 9.17) is 9.47 Å². The van der Waals surface area contributed by atoms with E-state index in [0.717, 1.165) is 21.0 Å². The number of hydrogen-bond acceptors (Lipinski definition) is 5. The van der Waals surface area contributed by atoms with E-state index in [1.807, 2.05) is 39.0 Å². The number of amides is 1. The maximum Gasteiger partial charge on any atom is 0.278 e.